The molecule has 0 amide bonds. The normalized spacial score (nSPS) is 13.2. The van der Waals surface area contributed by atoms with Crippen molar-refractivity contribution < 1.29 is 9.63 Å². The Balaban J connectivity index is 2.36. The minimum atomic E-state index is 0.184. The molecule has 0 spiro atoms. The van der Waals surface area contributed by atoms with E-state index in [1.54, 1.807) is 11.8 Å². The summed E-state index contributed by atoms with van der Waals surface area (Å²) in [5.74, 6) is 2.08. The molecule has 1 heterocycles. The lowest BCUT2D eigenvalue weighted by atomic mass is 10.5. The minimum absolute atomic E-state index is 0.184. The van der Waals surface area contributed by atoms with Crippen LogP contribution in [0.4, 0.5) is 0 Å². The molecule has 1 atom stereocenters. The van der Waals surface area contributed by atoms with Gasteiger partial charge in [0.1, 0.15) is 0 Å². The zero-order valence-electron chi connectivity index (χ0n) is 7.86. The van der Waals surface area contributed by atoms with E-state index in [1.807, 2.05) is 13.8 Å². The van der Waals surface area contributed by atoms with Crippen LogP contribution < -0.4 is 0 Å². The van der Waals surface area contributed by atoms with Gasteiger partial charge in [-0.05, 0) is 0 Å². The van der Waals surface area contributed by atoms with Crippen molar-refractivity contribution in [1.29, 1.82) is 0 Å². The number of hydrogen-bond donors (Lipinski definition) is 1. The van der Waals surface area contributed by atoms with E-state index in [4.69, 9.17) is 9.63 Å². The summed E-state index contributed by atoms with van der Waals surface area (Å²) in [5.41, 5.74) is 0. The monoisotopic (exact) mass is 202 g/mol. The third kappa shape index (κ3) is 3.36. The topological polar surface area (TPSA) is 59.2 Å². The Labute approximate surface area is 81.7 Å². The zero-order valence-corrected chi connectivity index (χ0v) is 8.67. The van der Waals surface area contributed by atoms with Gasteiger partial charge in [-0.15, -0.1) is 11.8 Å². The standard InChI is InChI=1S/C8H14N2O2S/c1-3-8-9-7(10-12-8)5-13-6(2)4-11/h6,11H,3-5H2,1-2H3/t6-/m1/s1. The molecule has 0 saturated carbocycles. The van der Waals surface area contributed by atoms with Gasteiger partial charge < -0.3 is 9.63 Å². The quantitative estimate of drug-likeness (QED) is 0.778. The number of thioether (sulfide) groups is 1. The summed E-state index contributed by atoms with van der Waals surface area (Å²) < 4.78 is 4.94. The van der Waals surface area contributed by atoms with Crippen LogP contribution in [0.5, 0.6) is 0 Å². The zero-order chi connectivity index (χ0) is 9.68. The Morgan fingerprint density at radius 3 is 2.92 bits per heavy atom. The van der Waals surface area contributed by atoms with Gasteiger partial charge in [-0.3, -0.25) is 0 Å². The highest BCUT2D eigenvalue weighted by Crippen LogP contribution is 2.14. The van der Waals surface area contributed by atoms with Crippen molar-refractivity contribution in [3.63, 3.8) is 0 Å². The van der Waals surface area contributed by atoms with Gasteiger partial charge in [-0.2, -0.15) is 4.98 Å². The summed E-state index contributed by atoms with van der Waals surface area (Å²) in [4.78, 5) is 4.15. The number of aryl methyl sites for hydroxylation is 1. The molecular weight excluding hydrogens is 188 g/mol. The Morgan fingerprint density at radius 1 is 1.62 bits per heavy atom. The second-order valence-corrected chi connectivity index (χ2v) is 4.19. The molecule has 0 aromatic carbocycles. The van der Waals surface area contributed by atoms with Crippen LogP contribution in [-0.2, 0) is 12.2 Å². The molecule has 4 nitrogen and oxygen atoms in total. The van der Waals surface area contributed by atoms with Crippen LogP contribution in [0, 0.1) is 0 Å². The van der Waals surface area contributed by atoms with Crippen molar-refractivity contribution >= 4 is 11.8 Å². The summed E-state index contributed by atoms with van der Waals surface area (Å²) in [6.45, 7) is 4.12. The molecule has 13 heavy (non-hydrogen) atoms. The first-order chi connectivity index (χ1) is 6.26. The van der Waals surface area contributed by atoms with Crippen molar-refractivity contribution in [3.8, 4) is 0 Å². The van der Waals surface area contributed by atoms with Crippen LogP contribution >= 0.6 is 11.8 Å². The van der Waals surface area contributed by atoms with Crippen LogP contribution in [0.2, 0.25) is 0 Å². The highest BCUT2D eigenvalue weighted by molar-refractivity contribution is 7.99. The molecule has 5 heteroatoms. The smallest absolute Gasteiger partial charge is 0.226 e. The number of aromatic nitrogens is 2. The number of rotatable bonds is 5. The number of aliphatic hydroxyl groups is 1. The van der Waals surface area contributed by atoms with Gasteiger partial charge in [0, 0.05) is 11.7 Å². The highest BCUT2D eigenvalue weighted by atomic mass is 32.2. The lowest BCUT2D eigenvalue weighted by Gasteiger charge is -2.03. The lowest BCUT2D eigenvalue weighted by Crippen LogP contribution is -2.02. The Kier molecular flexibility index (Phi) is 4.24. The number of hydrogen-bond acceptors (Lipinski definition) is 5. The Morgan fingerprint density at radius 2 is 2.38 bits per heavy atom. The second kappa shape index (κ2) is 5.24. The maximum atomic E-state index is 8.78. The summed E-state index contributed by atoms with van der Waals surface area (Å²) in [5, 5.41) is 12.8. The Hall–Kier alpha value is -0.550. The van der Waals surface area contributed by atoms with E-state index in [0.717, 1.165) is 6.42 Å². The van der Waals surface area contributed by atoms with Crippen LogP contribution in [-0.4, -0.2) is 27.1 Å². The fraction of sp³-hybridized carbons (Fsp3) is 0.750. The maximum absolute atomic E-state index is 8.78. The molecule has 0 unspecified atom stereocenters. The fourth-order valence-electron chi connectivity index (χ4n) is 0.762. The molecule has 1 N–H and O–H groups in total. The molecule has 0 aliphatic carbocycles. The van der Waals surface area contributed by atoms with Gasteiger partial charge in [-0.25, -0.2) is 0 Å². The van der Waals surface area contributed by atoms with E-state index in [2.05, 4.69) is 10.1 Å². The van der Waals surface area contributed by atoms with Gasteiger partial charge >= 0.3 is 0 Å². The van der Waals surface area contributed by atoms with E-state index >= 15 is 0 Å². The van der Waals surface area contributed by atoms with Gasteiger partial charge in [0.05, 0.1) is 12.4 Å². The predicted molar refractivity (Wildman–Crippen MR) is 51.5 cm³/mol. The van der Waals surface area contributed by atoms with E-state index in [9.17, 15) is 0 Å². The molecule has 0 saturated heterocycles. The van der Waals surface area contributed by atoms with Gasteiger partial charge in [0.2, 0.25) is 5.89 Å². The predicted octanol–water partition coefficient (Wildman–Crippen LogP) is 1.25. The molecular formula is C8H14N2O2S. The van der Waals surface area contributed by atoms with Crippen molar-refractivity contribution in [1.82, 2.24) is 10.1 Å². The minimum Gasteiger partial charge on any atom is -0.395 e. The highest BCUT2D eigenvalue weighted by Gasteiger charge is 2.06. The van der Waals surface area contributed by atoms with Crippen molar-refractivity contribution in [2.45, 2.75) is 31.3 Å². The van der Waals surface area contributed by atoms with E-state index in [-0.39, 0.29) is 11.9 Å². The average molecular weight is 202 g/mol. The molecule has 0 aliphatic heterocycles. The molecule has 1 aromatic rings. The third-order valence-electron chi connectivity index (χ3n) is 1.57. The summed E-state index contributed by atoms with van der Waals surface area (Å²) in [7, 11) is 0. The van der Waals surface area contributed by atoms with E-state index < -0.39 is 0 Å². The van der Waals surface area contributed by atoms with Gasteiger partial charge in [0.25, 0.3) is 0 Å². The summed E-state index contributed by atoms with van der Waals surface area (Å²) >= 11 is 1.62. The first-order valence-electron chi connectivity index (χ1n) is 4.30. The molecule has 0 radical (unpaired) electrons. The molecule has 0 bridgehead atoms. The van der Waals surface area contributed by atoms with E-state index in [0.29, 0.717) is 17.5 Å². The van der Waals surface area contributed by atoms with Crippen LogP contribution in [0.1, 0.15) is 25.6 Å². The maximum Gasteiger partial charge on any atom is 0.226 e. The largest absolute Gasteiger partial charge is 0.395 e. The average Bonchev–Trinajstić information content (AvgIpc) is 2.61. The van der Waals surface area contributed by atoms with Gasteiger partial charge in [0.15, 0.2) is 5.82 Å². The van der Waals surface area contributed by atoms with Crippen molar-refractivity contribution in [2.75, 3.05) is 6.61 Å². The number of aliphatic hydroxyl groups excluding tert-OH is 1. The lowest BCUT2D eigenvalue weighted by molar-refractivity contribution is 0.300. The van der Waals surface area contributed by atoms with Crippen molar-refractivity contribution in [2.24, 2.45) is 0 Å². The van der Waals surface area contributed by atoms with Crippen LogP contribution in [0.3, 0.4) is 0 Å². The first-order valence-corrected chi connectivity index (χ1v) is 5.35. The molecule has 0 fully saturated rings. The van der Waals surface area contributed by atoms with Gasteiger partial charge in [-0.1, -0.05) is 19.0 Å². The van der Waals surface area contributed by atoms with Crippen molar-refractivity contribution in [3.05, 3.63) is 11.7 Å². The second-order valence-electron chi connectivity index (χ2n) is 2.76. The molecule has 1 aromatic heterocycles. The SMILES string of the molecule is CCc1nc(CS[C@H](C)CO)no1. The third-order valence-corrected chi connectivity index (χ3v) is 2.71. The summed E-state index contributed by atoms with van der Waals surface area (Å²) in [6, 6.07) is 0. The van der Waals surface area contributed by atoms with Crippen LogP contribution in [0.15, 0.2) is 4.52 Å². The Bertz CT molecular complexity index is 252. The first kappa shape index (κ1) is 10.5. The molecule has 74 valence electrons. The van der Waals surface area contributed by atoms with E-state index in [1.165, 1.54) is 0 Å². The fourth-order valence-corrected chi connectivity index (χ4v) is 1.42. The van der Waals surface area contributed by atoms with Crippen LogP contribution in [0.25, 0.3) is 0 Å². The molecule has 0 aliphatic rings. The summed E-state index contributed by atoms with van der Waals surface area (Å²) in [6.07, 6.45) is 0.771. The molecule has 1 rings (SSSR count). The number of nitrogens with zero attached hydrogens (tertiary/aromatic N) is 2.